The Kier molecular flexibility index (Phi) is 8.81. The lowest BCUT2D eigenvalue weighted by Gasteiger charge is -2.11. The Bertz CT molecular complexity index is 1510. The molecular formula is C32H29N3O3. The van der Waals surface area contributed by atoms with Gasteiger partial charge in [0.05, 0.1) is 12.8 Å². The average molecular weight is 504 g/mol. The Hall–Kier alpha value is -4.97. The number of carbonyl (C=O) groups is 2. The van der Waals surface area contributed by atoms with E-state index >= 15 is 0 Å². The first-order valence-corrected chi connectivity index (χ1v) is 12.3. The zero-order chi connectivity index (χ0) is 26.7. The second kappa shape index (κ2) is 12.8. The van der Waals surface area contributed by atoms with Gasteiger partial charge in [0, 0.05) is 11.1 Å². The summed E-state index contributed by atoms with van der Waals surface area (Å²) in [6, 6.07) is 30.2. The monoisotopic (exact) mass is 503 g/mol. The summed E-state index contributed by atoms with van der Waals surface area (Å²) in [6.07, 6.45) is 5.12. The summed E-state index contributed by atoms with van der Waals surface area (Å²) in [5.41, 5.74) is 5.59. The normalized spacial score (nSPS) is 11.9. The van der Waals surface area contributed by atoms with E-state index in [1.807, 2.05) is 92.7 Å². The van der Waals surface area contributed by atoms with E-state index in [1.165, 1.54) is 0 Å². The number of benzene rings is 4. The molecule has 4 aromatic carbocycles. The number of hydrogen-bond donors (Lipinski definition) is 2. The lowest BCUT2D eigenvalue weighted by atomic mass is 10.0. The van der Waals surface area contributed by atoms with Gasteiger partial charge in [-0.15, -0.1) is 0 Å². The molecule has 0 spiro atoms. The topological polar surface area (TPSA) is 79.8 Å². The van der Waals surface area contributed by atoms with Crippen LogP contribution in [0.25, 0.3) is 16.8 Å². The molecule has 0 radical (unpaired) electrons. The van der Waals surface area contributed by atoms with E-state index in [0.717, 1.165) is 27.5 Å². The van der Waals surface area contributed by atoms with Gasteiger partial charge in [0.15, 0.2) is 0 Å². The molecule has 0 bridgehead atoms. The van der Waals surface area contributed by atoms with E-state index < -0.39 is 11.8 Å². The number of amides is 2. The van der Waals surface area contributed by atoms with Crippen LogP contribution in [0.3, 0.4) is 0 Å². The van der Waals surface area contributed by atoms with Gasteiger partial charge >= 0.3 is 0 Å². The summed E-state index contributed by atoms with van der Waals surface area (Å²) in [6.45, 7) is 4.27. The van der Waals surface area contributed by atoms with E-state index in [1.54, 1.807) is 36.6 Å². The van der Waals surface area contributed by atoms with Gasteiger partial charge in [-0.2, -0.15) is 5.10 Å². The summed E-state index contributed by atoms with van der Waals surface area (Å²) in [4.78, 5) is 26.0. The molecule has 6 nitrogen and oxygen atoms in total. The molecule has 4 rings (SSSR count). The van der Waals surface area contributed by atoms with Crippen molar-refractivity contribution in [3.63, 3.8) is 0 Å². The number of hydrazone groups is 1. The summed E-state index contributed by atoms with van der Waals surface area (Å²) in [5.74, 6) is -0.278. The van der Waals surface area contributed by atoms with E-state index in [2.05, 4.69) is 15.8 Å². The van der Waals surface area contributed by atoms with Gasteiger partial charge in [-0.25, -0.2) is 5.43 Å². The van der Waals surface area contributed by atoms with Crippen LogP contribution in [0.1, 0.15) is 35.3 Å². The minimum atomic E-state index is -0.551. The fraction of sp³-hybridized carbons (Fsp3) is 0.0938. The highest BCUT2D eigenvalue weighted by molar-refractivity contribution is 6.05. The Morgan fingerprint density at radius 1 is 0.868 bits per heavy atom. The lowest BCUT2D eigenvalue weighted by Crippen LogP contribution is -2.33. The molecule has 4 aromatic rings. The van der Waals surface area contributed by atoms with Crippen molar-refractivity contribution in [2.75, 3.05) is 6.61 Å². The summed E-state index contributed by atoms with van der Waals surface area (Å²) in [7, 11) is 0. The largest absolute Gasteiger partial charge is 0.493 e. The number of rotatable bonds is 9. The maximum atomic E-state index is 13.2. The van der Waals surface area contributed by atoms with Crippen LogP contribution in [0.2, 0.25) is 0 Å². The van der Waals surface area contributed by atoms with Crippen molar-refractivity contribution in [2.24, 2.45) is 5.10 Å². The van der Waals surface area contributed by atoms with Crippen LogP contribution in [0.15, 0.2) is 120 Å². The summed E-state index contributed by atoms with van der Waals surface area (Å²) >= 11 is 0. The predicted octanol–water partition coefficient (Wildman–Crippen LogP) is 6.11. The number of nitrogens with one attached hydrogen (secondary N) is 2. The van der Waals surface area contributed by atoms with Crippen LogP contribution in [0, 0.1) is 0 Å². The predicted molar refractivity (Wildman–Crippen MR) is 153 cm³/mol. The molecule has 190 valence electrons. The fourth-order valence-electron chi connectivity index (χ4n) is 3.93. The van der Waals surface area contributed by atoms with Crippen LogP contribution in [-0.2, 0) is 4.79 Å². The maximum Gasteiger partial charge on any atom is 0.287 e. The summed E-state index contributed by atoms with van der Waals surface area (Å²) < 4.78 is 5.78. The molecule has 0 aliphatic heterocycles. The second-order valence-electron chi connectivity index (χ2n) is 8.51. The molecule has 0 atom stereocenters. The van der Waals surface area contributed by atoms with Crippen LogP contribution in [-0.4, -0.2) is 24.6 Å². The van der Waals surface area contributed by atoms with Crippen molar-refractivity contribution >= 4 is 34.9 Å². The number of fused-ring (bicyclic) bond motifs is 1. The van der Waals surface area contributed by atoms with E-state index in [0.29, 0.717) is 17.9 Å². The molecular weight excluding hydrogens is 474 g/mol. The van der Waals surface area contributed by atoms with Crippen molar-refractivity contribution in [3.8, 4) is 5.75 Å². The minimum absolute atomic E-state index is 0.0728. The molecule has 0 saturated heterocycles. The molecule has 2 amide bonds. The Morgan fingerprint density at radius 3 is 2.29 bits per heavy atom. The highest BCUT2D eigenvalue weighted by atomic mass is 16.5. The van der Waals surface area contributed by atoms with Crippen LogP contribution < -0.4 is 15.5 Å². The SMILES string of the molecule is CCOc1ccc2ccccc2c1/C=N/NC(=O)/C(=C\C(C)=C/c1ccccc1)NC(=O)c1ccccc1. The molecule has 0 aliphatic rings. The van der Waals surface area contributed by atoms with E-state index in [-0.39, 0.29) is 5.70 Å². The van der Waals surface area contributed by atoms with Gasteiger partial charge in [0.2, 0.25) is 0 Å². The van der Waals surface area contributed by atoms with Crippen LogP contribution >= 0.6 is 0 Å². The molecule has 0 fully saturated rings. The van der Waals surface area contributed by atoms with Crippen molar-refractivity contribution in [2.45, 2.75) is 13.8 Å². The standard InChI is InChI=1S/C32H29N3O3/c1-3-38-30-19-18-25-14-10-11-17-27(25)28(30)22-33-35-32(37)29(34-31(36)26-15-8-5-9-16-26)21-23(2)20-24-12-6-4-7-13-24/h4-22H,3H2,1-2H3,(H,34,36)(H,35,37)/b23-20-,29-21+,33-22+. The first-order chi connectivity index (χ1) is 18.5. The lowest BCUT2D eigenvalue weighted by molar-refractivity contribution is -0.117. The number of hydrogen-bond acceptors (Lipinski definition) is 4. The number of nitrogens with zero attached hydrogens (tertiary/aromatic N) is 1. The van der Waals surface area contributed by atoms with Crippen LogP contribution in [0.4, 0.5) is 0 Å². The number of carbonyl (C=O) groups excluding carboxylic acids is 2. The molecule has 0 heterocycles. The first kappa shape index (κ1) is 26.1. The summed E-state index contributed by atoms with van der Waals surface area (Å²) in [5, 5.41) is 8.92. The zero-order valence-corrected chi connectivity index (χ0v) is 21.3. The van der Waals surface area contributed by atoms with Gasteiger partial charge in [-0.05, 0) is 60.0 Å². The number of allylic oxidation sites excluding steroid dienone is 2. The van der Waals surface area contributed by atoms with Gasteiger partial charge in [-0.1, -0.05) is 84.9 Å². The molecule has 0 aromatic heterocycles. The molecule has 0 unspecified atom stereocenters. The van der Waals surface area contributed by atoms with E-state index in [4.69, 9.17) is 4.74 Å². The van der Waals surface area contributed by atoms with Crippen molar-refractivity contribution in [3.05, 3.63) is 131 Å². The third-order valence-electron chi connectivity index (χ3n) is 5.68. The van der Waals surface area contributed by atoms with Gasteiger partial charge < -0.3 is 10.1 Å². The number of ether oxygens (including phenoxy) is 1. The molecule has 38 heavy (non-hydrogen) atoms. The Morgan fingerprint density at radius 2 is 1.55 bits per heavy atom. The van der Waals surface area contributed by atoms with Crippen molar-refractivity contribution in [1.29, 1.82) is 0 Å². The minimum Gasteiger partial charge on any atom is -0.493 e. The fourth-order valence-corrected chi connectivity index (χ4v) is 3.93. The van der Waals surface area contributed by atoms with Gasteiger partial charge in [0.1, 0.15) is 11.4 Å². The molecule has 0 saturated carbocycles. The quantitative estimate of drug-likeness (QED) is 0.125. The van der Waals surface area contributed by atoms with Gasteiger partial charge in [0.25, 0.3) is 11.8 Å². The second-order valence-corrected chi connectivity index (χ2v) is 8.51. The smallest absolute Gasteiger partial charge is 0.287 e. The van der Waals surface area contributed by atoms with Crippen molar-refractivity contribution < 1.29 is 14.3 Å². The maximum absolute atomic E-state index is 13.2. The Labute approximate surface area is 222 Å². The highest BCUT2D eigenvalue weighted by Crippen LogP contribution is 2.26. The Balaban J connectivity index is 1.61. The average Bonchev–Trinajstić information content (AvgIpc) is 2.94. The third kappa shape index (κ3) is 6.83. The van der Waals surface area contributed by atoms with E-state index in [9.17, 15) is 9.59 Å². The van der Waals surface area contributed by atoms with Crippen LogP contribution in [0.5, 0.6) is 5.75 Å². The molecule has 6 heteroatoms. The molecule has 2 N–H and O–H groups in total. The third-order valence-corrected chi connectivity index (χ3v) is 5.68. The first-order valence-electron chi connectivity index (χ1n) is 12.3. The molecule has 0 aliphatic carbocycles. The van der Waals surface area contributed by atoms with Crippen molar-refractivity contribution in [1.82, 2.24) is 10.7 Å². The zero-order valence-electron chi connectivity index (χ0n) is 21.3. The highest BCUT2D eigenvalue weighted by Gasteiger charge is 2.14. The van der Waals surface area contributed by atoms with Gasteiger partial charge in [-0.3, -0.25) is 9.59 Å².